The lowest BCUT2D eigenvalue weighted by molar-refractivity contribution is 0.282. The molecule has 2 nitrogen and oxygen atoms in total. The average molecular weight is 265 g/mol. The second kappa shape index (κ2) is 5.51. The van der Waals surface area contributed by atoms with Gasteiger partial charge in [-0.3, -0.25) is 0 Å². The van der Waals surface area contributed by atoms with Gasteiger partial charge >= 0.3 is 0 Å². The van der Waals surface area contributed by atoms with Crippen LogP contribution in [0.2, 0.25) is 0 Å². The van der Waals surface area contributed by atoms with Crippen molar-refractivity contribution in [3.8, 4) is 0 Å². The highest BCUT2D eigenvalue weighted by Gasteiger charge is 2.17. The number of aromatic amines is 1. The van der Waals surface area contributed by atoms with Crippen LogP contribution >= 0.6 is 0 Å². The molecule has 2 N–H and O–H groups in total. The fourth-order valence-corrected chi connectivity index (χ4v) is 2.90. The number of aliphatic hydroxyl groups excluding tert-OH is 1. The fourth-order valence-electron chi connectivity index (χ4n) is 2.90. The number of para-hydroxylation sites is 1. The Morgan fingerprint density at radius 1 is 1.10 bits per heavy atom. The number of hydrogen-bond donors (Lipinski definition) is 2. The van der Waals surface area contributed by atoms with Gasteiger partial charge in [0.15, 0.2) is 0 Å². The van der Waals surface area contributed by atoms with Gasteiger partial charge in [0, 0.05) is 29.6 Å². The number of hydrogen-bond acceptors (Lipinski definition) is 1. The highest BCUT2D eigenvalue weighted by Crippen LogP contribution is 2.33. The summed E-state index contributed by atoms with van der Waals surface area (Å²) >= 11 is 0. The Morgan fingerprint density at radius 2 is 1.95 bits per heavy atom. The molecule has 0 spiro atoms. The summed E-state index contributed by atoms with van der Waals surface area (Å²) in [6, 6.07) is 16.9. The summed E-state index contributed by atoms with van der Waals surface area (Å²) in [7, 11) is 0. The maximum absolute atomic E-state index is 9.43. The van der Waals surface area contributed by atoms with E-state index < -0.39 is 0 Å². The third-order valence-electron chi connectivity index (χ3n) is 3.86. The Morgan fingerprint density at radius 3 is 2.75 bits per heavy atom. The molecule has 0 saturated carbocycles. The Bertz CT molecular complexity index is 714. The summed E-state index contributed by atoms with van der Waals surface area (Å²) < 4.78 is 0. The van der Waals surface area contributed by atoms with Gasteiger partial charge in [0.05, 0.1) is 0 Å². The molecule has 3 rings (SSSR count). The first kappa shape index (κ1) is 12.9. The van der Waals surface area contributed by atoms with Crippen molar-refractivity contribution >= 4 is 10.9 Å². The fraction of sp³-hybridized carbons (Fsp3) is 0.222. The molecule has 1 heterocycles. The Labute approximate surface area is 119 Å². The molecule has 0 saturated heterocycles. The van der Waals surface area contributed by atoms with E-state index in [0.717, 1.165) is 11.9 Å². The lowest BCUT2D eigenvalue weighted by atomic mass is 9.88. The number of aliphatic hydroxyl groups is 1. The average Bonchev–Trinajstić information content (AvgIpc) is 2.88. The van der Waals surface area contributed by atoms with E-state index in [1.54, 1.807) is 0 Å². The molecular formula is C18H19NO. The van der Waals surface area contributed by atoms with Gasteiger partial charge in [-0.05, 0) is 30.5 Å². The lowest BCUT2D eigenvalue weighted by Crippen LogP contribution is -2.03. The number of aromatic nitrogens is 1. The van der Waals surface area contributed by atoms with Crippen molar-refractivity contribution in [1.82, 2.24) is 4.98 Å². The second-order valence-electron chi connectivity index (χ2n) is 5.27. The third kappa shape index (κ3) is 2.35. The minimum Gasteiger partial charge on any atom is -0.396 e. The molecule has 2 aromatic carbocycles. The van der Waals surface area contributed by atoms with Gasteiger partial charge in [-0.2, -0.15) is 0 Å². The van der Waals surface area contributed by atoms with E-state index in [9.17, 15) is 5.11 Å². The van der Waals surface area contributed by atoms with Crippen LogP contribution in [0.1, 0.15) is 29.0 Å². The van der Waals surface area contributed by atoms with Crippen LogP contribution in [-0.2, 0) is 0 Å². The minimum atomic E-state index is 0.193. The molecule has 0 fully saturated rings. The van der Waals surface area contributed by atoms with E-state index >= 15 is 0 Å². The molecule has 102 valence electrons. The predicted molar refractivity (Wildman–Crippen MR) is 83.0 cm³/mol. The largest absolute Gasteiger partial charge is 0.396 e. The molecule has 0 aliphatic rings. The summed E-state index contributed by atoms with van der Waals surface area (Å²) in [4.78, 5) is 3.33. The van der Waals surface area contributed by atoms with Gasteiger partial charge < -0.3 is 10.1 Å². The normalized spacial score (nSPS) is 12.7. The molecule has 0 radical (unpaired) electrons. The Kier molecular flexibility index (Phi) is 3.57. The standard InChI is InChI=1S/C18H19NO/c1-13-5-4-6-14(11-13)15(9-10-20)17-12-19-18-8-3-2-7-16(17)18/h2-8,11-12,15,19-20H,9-10H2,1H3. The van der Waals surface area contributed by atoms with E-state index in [4.69, 9.17) is 0 Å². The second-order valence-corrected chi connectivity index (χ2v) is 5.27. The van der Waals surface area contributed by atoms with Crippen molar-refractivity contribution in [1.29, 1.82) is 0 Å². The zero-order chi connectivity index (χ0) is 13.9. The first-order chi connectivity index (χ1) is 9.79. The molecule has 1 aromatic heterocycles. The van der Waals surface area contributed by atoms with E-state index in [1.807, 2.05) is 6.07 Å². The lowest BCUT2D eigenvalue weighted by Gasteiger charge is -2.16. The molecule has 0 amide bonds. The third-order valence-corrected chi connectivity index (χ3v) is 3.86. The van der Waals surface area contributed by atoms with Gasteiger partial charge in [-0.15, -0.1) is 0 Å². The highest BCUT2D eigenvalue weighted by atomic mass is 16.3. The van der Waals surface area contributed by atoms with E-state index in [0.29, 0.717) is 0 Å². The monoisotopic (exact) mass is 265 g/mol. The summed E-state index contributed by atoms with van der Waals surface area (Å²) in [5, 5.41) is 10.7. The van der Waals surface area contributed by atoms with Crippen molar-refractivity contribution in [2.75, 3.05) is 6.61 Å². The van der Waals surface area contributed by atoms with Crippen LogP contribution < -0.4 is 0 Å². The number of nitrogens with one attached hydrogen (secondary N) is 1. The molecular weight excluding hydrogens is 246 g/mol. The topological polar surface area (TPSA) is 36.0 Å². The zero-order valence-corrected chi connectivity index (χ0v) is 11.6. The van der Waals surface area contributed by atoms with Gasteiger partial charge in [0.2, 0.25) is 0 Å². The van der Waals surface area contributed by atoms with Crippen LogP contribution in [0.15, 0.2) is 54.7 Å². The highest BCUT2D eigenvalue weighted by molar-refractivity contribution is 5.84. The summed E-state index contributed by atoms with van der Waals surface area (Å²) in [6.45, 7) is 2.30. The van der Waals surface area contributed by atoms with Crippen LogP contribution in [0.25, 0.3) is 10.9 Å². The molecule has 0 aliphatic heterocycles. The van der Waals surface area contributed by atoms with Crippen molar-refractivity contribution in [3.63, 3.8) is 0 Å². The van der Waals surface area contributed by atoms with Crippen LogP contribution in [0.3, 0.4) is 0 Å². The summed E-state index contributed by atoms with van der Waals surface area (Å²) in [5.74, 6) is 0.232. The molecule has 3 aromatic rings. The number of benzene rings is 2. The van der Waals surface area contributed by atoms with Crippen LogP contribution in [0.5, 0.6) is 0 Å². The van der Waals surface area contributed by atoms with E-state index in [-0.39, 0.29) is 12.5 Å². The van der Waals surface area contributed by atoms with Crippen molar-refractivity contribution in [2.24, 2.45) is 0 Å². The van der Waals surface area contributed by atoms with Crippen molar-refractivity contribution in [3.05, 3.63) is 71.4 Å². The van der Waals surface area contributed by atoms with Gasteiger partial charge in [0.25, 0.3) is 0 Å². The molecule has 20 heavy (non-hydrogen) atoms. The molecule has 1 unspecified atom stereocenters. The molecule has 2 heteroatoms. The van der Waals surface area contributed by atoms with Crippen LogP contribution in [0.4, 0.5) is 0 Å². The number of fused-ring (bicyclic) bond motifs is 1. The van der Waals surface area contributed by atoms with Gasteiger partial charge in [-0.25, -0.2) is 0 Å². The minimum absolute atomic E-state index is 0.193. The van der Waals surface area contributed by atoms with E-state index in [1.165, 1.54) is 22.1 Å². The quantitative estimate of drug-likeness (QED) is 0.735. The summed E-state index contributed by atoms with van der Waals surface area (Å²) in [6.07, 6.45) is 2.82. The zero-order valence-electron chi connectivity index (χ0n) is 11.6. The van der Waals surface area contributed by atoms with Gasteiger partial charge in [-0.1, -0.05) is 48.0 Å². The van der Waals surface area contributed by atoms with Gasteiger partial charge in [0.1, 0.15) is 0 Å². The van der Waals surface area contributed by atoms with Crippen molar-refractivity contribution in [2.45, 2.75) is 19.3 Å². The Balaban J connectivity index is 2.11. The number of H-pyrrole nitrogens is 1. The SMILES string of the molecule is Cc1cccc(C(CCO)c2c[nH]c3ccccc23)c1. The number of aryl methyl sites for hydroxylation is 1. The first-order valence-corrected chi connectivity index (χ1v) is 7.03. The molecule has 0 bridgehead atoms. The predicted octanol–water partition coefficient (Wildman–Crippen LogP) is 3.99. The summed E-state index contributed by atoms with van der Waals surface area (Å²) in [5.41, 5.74) is 4.94. The maximum Gasteiger partial charge on any atom is 0.0457 e. The smallest absolute Gasteiger partial charge is 0.0457 e. The molecule has 1 atom stereocenters. The van der Waals surface area contributed by atoms with E-state index in [2.05, 4.69) is 60.6 Å². The first-order valence-electron chi connectivity index (χ1n) is 7.03. The molecule has 0 aliphatic carbocycles. The van der Waals surface area contributed by atoms with Crippen molar-refractivity contribution < 1.29 is 5.11 Å². The van der Waals surface area contributed by atoms with Crippen LogP contribution in [-0.4, -0.2) is 16.7 Å². The number of rotatable bonds is 4. The maximum atomic E-state index is 9.43. The van der Waals surface area contributed by atoms with Crippen LogP contribution in [0, 0.1) is 6.92 Å². The Hall–Kier alpha value is -2.06.